The third-order valence-corrected chi connectivity index (χ3v) is 2.53. The molecule has 1 radical (unpaired) electrons. The number of anilines is 1. The molecule has 0 saturated carbocycles. The van der Waals surface area contributed by atoms with Crippen molar-refractivity contribution in [2.75, 3.05) is 5.32 Å². The lowest BCUT2D eigenvalue weighted by atomic mass is 10.0. The fraction of sp³-hybridized carbons (Fsp3) is 0.0714. The number of benzene rings is 2. The lowest BCUT2D eigenvalue weighted by Crippen LogP contribution is -2.20. The Morgan fingerprint density at radius 2 is 2.00 bits per heavy atom. The molecule has 18 heavy (non-hydrogen) atoms. The molecule has 0 aliphatic rings. The summed E-state index contributed by atoms with van der Waals surface area (Å²) in [4.78, 5) is 0. The highest BCUT2D eigenvalue weighted by Gasteiger charge is 2.01. The molecule has 0 spiro atoms. The van der Waals surface area contributed by atoms with E-state index in [9.17, 15) is 0 Å². The van der Waals surface area contributed by atoms with Gasteiger partial charge in [-0.2, -0.15) is 0 Å². The molecule has 4 heteroatoms. The summed E-state index contributed by atoms with van der Waals surface area (Å²) < 4.78 is 0. The molecular weight excluding hydrogens is 224 g/mol. The summed E-state index contributed by atoms with van der Waals surface area (Å²) >= 11 is 0. The van der Waals surface area contributed by atoms with E-state index in [1.807, 2.05) is 42.5 Å². The Hall–Kier alpha value is -2.33. The first-order valence-corrected chi connectivity index (χ1v) is 5.62. The summed E-state index contributed by atoms with van der Waals surface area (Å²) in [6.45, 7) is 0.471. The maximum Gasteiger partial charge on any atom is 0.190 e. The number of guanidine groups is 1. The molecule has 4 nitrogen and oxygen atoms in total. The minimum atomic E-state index is -0.0770. The van der Waals surface area contributed by atoms with Crippen LogP contribution < -0.4 is 16.8 Å². The van der Waals surface area contributed by atoms with Gasteiger partial charge in [0.2, 0.25) is 0 Å². The second-order valence-electron chi connectivity index (χ2n) is 3.91. The largest absolute Gasteiger partial charge is 0.370 e. The molecule has 2 aromatic carbocycles. The van der Waals surface area contributed by atoms with Crippen LogP contribution in [0.5, 0.6) is 0 Å². The predicted molar refractivity (Wildman–Crippen MR) is 74.1 cm³/mol. The standard InChI is InChI=1S/C14H15N4/c15-9-10-3-1-4-11(7-10)12-5-2-6-13(8-12)18-14(16)17/h1-6,8H,9,15H2,(H4,16,17,18). The Labute approximate surface area is 106 Å². The van der Waals surface area contributed by atoms with Gasteiger partial charge in [-0.25, -0.2) is 0 Å². The lowest BCUT2D eigenvalue weighted by molar-refractivity contribution is 1.07. The zero-order valence-electron chi connectivity index (χ0n) is 9.90. The molecule has 0 amide bonds. The molecule has 0 bridgehead atoms. The minimum Gasteiger partial charge on any atom is -0.370 e. The zero-order chi connectivity index (χ0) is 13.0. The average Bonchev–Trinajstić information content (AvgIpc) is 2.38. The maximum absolute atomic E-state index is 7.21. The lowest BCUT2D eigenvalue weighted by Gasteiger charge is -2.07. The van der Waals surface area contributed by atoms with Gasteiger partial charge in [-0.1, -0.05) is 30.3 Å². The number of nitrogens with two attached hydrogens (primary N) is 2. The normalized spacial score (nSPS) is 10.1. The number of hydrogen-bond acceptors (Lipinski definition) is 2. The summed E-state index contributed by atoms with van der Waals surface area (Å²) in [5, 5.41) is 9.98. The van der Waals surface area contributed by atoms with Crippen LogP contribution in [0.3, 0.4) is 0 Å². The van der Waals surface area contributed by atoms with E-state index in [1.165, 1.54) is 0 Å². The highest BCUT2D eigenvalue weighted by molar-refractivity contribution is 5.90. The van der Waals surface area contributed by atoms with E-state index >= 15 is 0 Å². The van der Waals surface area contributed by atoms with Crippen LogP contribution in [0.1, 0.15) is 5.56 Å². The Bertz CT molecular complexity index is 563. The Balaban J connectivity index is 2.34. The van der Waals surface area contributed by atoms with E-state index in [4.69, 9.17) is 16.9 Å². The maximum atomic E-state index is 7.21. The highest BCUT2D eigenvalue weighted by Crippen LogP contribution is 2.22. The molecule has 2 rings (SSSR count). The second kappa shape index (κ2) is 5.33. The molecule has 0 fully saturated rings. The van der Waals surface area contributed by atoms with Gasteiger partial charge < -0.3 is 16.8 Å². The molecule has 91 valence electrons. The first-order valence-electron chi connectivity index (χ1n) is 5.62. The topological polar surface area (TPSA) is 87.9 Å². The summed E-state index contributed by atoms with van der Waals surface area (Å²) in [5.41, 5.74) is 14.7. The van der Waals surface area contributed by atoms with Crippen molar-refractivity contribution in [3.8, 4) is 11.1 Å². The zero-order valence-corrected chi connectivity index (χ0v) is 9.90. The van der Waals surface area contributed by atoms with Crippen molar-refractivity contribution in [1.29, 1.82) is 5.41 Å². The van der Waals surface area contributed by atoms with Crippen molar-refractivity contribution >= 4 is 11.6 Å². The summed E-state index contributed by atoms with van der Waals surface area (Å²) in [5.74, 6) is -0.0770. The molecule has 6 N–H and O–H groups in total. The third kappa shape index (κ3) is 2.87. The van der Waals surface area contributed by atoms with Gasteiger partial charge in [-0.05, 0) is 34.9 Å². The van der Waals surface area contributed by atoms with E-state index in [0.29, 0.717) is 6.54 Å². The third-order valence-electron chi connectivity index (χ3n) is 2.53. The van der Waals surface area contributed by atoms with Gasteiger partial charge in [-0.15, -0.1) is 0 Å². The Kier molecular flexibility index (Phi) is 3.60. The van der Waals surface area contributed by atoms with Crippen molar-refractivity contribution in [3.05, 3.63) is 54.1 Å². The molecule has 0 aliphatic carbocycles. The highest BCUT2D eigenvalue weighted by atomic mass is 15.0. The summed E-state index contributed by atoms with van der Waals surface area (Å²) in [6, 6.07) is 16.8. The van der Waals surface area contributed by atoms with Crippen LogP contribution in [0.4, 0.5) is 5.69 Å². The fourth-order valence-electron chi connectivity index (χ4n) is 1.72. The van der Waals surface area contributed by atoms with E-state index in [-0.39, 0.29) is 5.96 Å². The monoisotopic (exact) mass is 239 g/mol. The van der Waals surface area contributed by atoms with Crippen molar-refractivity contribution in [2.24, 2.45) is 11.5 Å². The van der Waals surface area contributed by atoms with Gasteiger partial charge in [0, 0.05) is 12.2 Å². The van der Waals surface area contributed by atoms with Crippen molar-refractivity contribution in [3.63, 3.8) is 0 Å². The van der Waals surface area contributed by atoms with E-state index < -0.39 is 0 Å². The first kappa shape index (κ1) is 12.1. The van der Waals surface area contributed by atoms with Crippen LogP contribution in [0.25, 0.3) is 11.1 Å². The number of rotatable bonds is 3. The molecule has 0 heterocycles. The molecule has 2 aromatic rings. The van der Waals surface area contributed by atoms with Gasteiger partial charge in [0.1, 0.15) is 0 Å². The van der Waals surface area contributed by atoms with Crippen LogP contribution in [-0.2, 0) is 6.54 Å². The van der Waals surface area contributed by atoms with Gasteiger partial charge in [0.15, 0.2) is 5.96 Å². The van der Waals surface area contributed by atoms with Crippen LogP contribution in [0.2, 0.25) is 0 Å². The molecule has 0 atom stereocenters. The molecular formula is C14H15N4. The van der Waals surface area contributed by atoms with Crippen molar-refractivity contribution < 1.29 is 0 Å². The van der Waals surface area contributed by atoms with Crippen molar-refractivity contribution in [1.82, 2.24) is 0 Å². The molecule has 0 aromatic heterocycles. The van der Waals surface area contributed by atoms with Crippen LogP contribution in [-0.4, -0.2) is 5.96 Å². The Morgan fingerprint density at radius 3 is 2.72 bits per heavy atom. The van der Waals surface area contributed by atoms with E-state index in [0.717, 1.165) is 22.4 Å². The first-order chi connectivity index (χ1) is 8.69. The fourth-order valence-corrected chi connectivity index (χ4v) is 1.72. The van der Waals surface area contributed by atoms with Gasteiger partial charge in [-0.3, -0.25) is 5.41 Å². The van der Waals surface area contributed by atoms with Crippen LogP contribution in [0.15, 0.2) is 42.5 Å². The van der Waals surface area contributed by atoms with E-state index in [1.54, 1.807) is 0 Å². The quantitative estimate of drug-likeness (QED) is 0.487. The molecule has 0 unspecified atom stereocenters. The van der Waals surface area contributed by atoms with Gasteiger partial charge in [0.25, 0.3) is 0 Å². The average molecular weight is 239 g/mol. The van der Waals surface area contributed by atoms with Crippen LogP contribution >= 0.6 is 0 Å². The number of hydrogen-bond donors (Lipinski definition) is 4. The predicted octanol–water partition coefficient (Wildman–Crippen LogP) is 1.92. The number of nitrogens with one attached hydrogen (secondary N) is 2. The molecule has 0 saturated heterocycles. The second-order valence-corrected chi connectivity index (χ2v) is 3.91. The smallest absolute Gasteiger partial charge is 0.190 e. The SMILES string of the molecule is N=C(N)Nc1cccc(-c2[c]c(CN)ccc2)c1. The summed E-state index contributed by atoms with van der Waals surface area (Å²) in [6.07, 6.45) is 0. The Morgan fingerprint density at radius 1 is 1.22 bits per heavy atom. The van der Waals surface area contributed by atoms with Gasteiger partial charge in [0.05, 0.1) is 0 Å². The minimum absolute atomic E-state index is 0.0770. The van der Waals surface area contributed by atoms with Crippen LogP contribution in [0, 0.1) is 11.5 Å². The van der Waals surface area contributed by atoms with Crippen molar-refractivity contribution in [2.45, 2.75) is 6.54 Å². The van der Waals surface area contributed by atoms with Gasteiger partial charge >= 0.3 is 0 Å². The molecule has 0 aliphatic heterocycles. The summed E-state index contributed by atoms with van der Waals surface area (Å²) in [7, 11) is 0. The van der Waals surface area contributed by atoms with E-state index in [2.05, 4.69) is 11.4 Å².